The zero-order valence-corrected chi connectivity index (χ0v) is 13.3. The number of pyridine rings is 1. The maximum Gasteiger partial charge on any atom is 0.278 e. The minimum Gasteiger partial charge on any atom is -0.463 e. The van der Waals surface area contributed by atoms with Crippen molar-refractivity contribution in [3.05, 3.63) is 64.4 Å². The third-order valence-corrected chi connectivity index (χ3v) is 3.89. The van der Waals surface area contributed by atoms with Crippen molar-refractivity contribution in [1.29, 1.82) is 0 Å². The van der Waals surface area contributed by atoms with Crippen LogP contribution in [-0.4, -0.2) is 21.6 Å². The lowest BCUT2D eigenvalue weighted by Gasteiger charge is -2.22. The van der Waals surface area contributed by atoms with Gasteiger partial charge in [-0.2, -0.15) is 0 Å². The molecule has 24 heavy (non-hydrogen) atoms. The predicted molar refractivity (Wildman–Crippen MR) is 89.9 cm³/mol. The van der Waals surface area contributed by atoms with E-state index in [1.807, 2.05) is 6.92 Å². The fourth-order valence-corrected chi connectivity index (χ4v) is 2.57. The number of aryl methyl sites for hydroxylation is 1. The summed E-state index contributed by atoms with van der Waals surface area (Å²) in [7, 11) is 0. The number of non-ortho nitro benzene ring substituents is 1. The highest BCUT2D eigenvalue weighted by Crippen LogP contribution is 2.31. The largest absolute Gasteiger partial charge is 0.463 e. The molecule has 1 aromatic carbocycles. The first-order valence-corrected chi connectivity index (χ1v) is 7.43. The Labute approximate surface area is 138 Å². The summed E-state index contributed by atoms with van der Waals surface area (Å²) in [6.07, 6.45) is 3.04. The van der Waals surface area contributed by atoms with E-state index in [0.29, 0.717) is 22.2 Å². The third kappa shape index (κ3) is 2.93. The number of nitrogens with one attached hydrogen (secondary N) is 1. The molecule has 0 aliphatic heterocycles. The van der Waals surface area contributed by atoms with Gasteiger partial charge in [-0.05, 0) is 38.1 Å². The van der Waals surface area contributed by atoms with Gasteiger partial charge < -0.3 is 14.8 Å². The van der Waals surface area contributed by atoms with Gasteiger partial charge in [0.15, 0.2) is 0 Å². The number of benzene rings is 1. The van der Waals surface area contributed by atoms with Crippen molar-refractivity contribution >= 4 is 22.1 Å². The molecule has 7 heteroatoms. The minimum atomic E-state index is -1.21. The summed E-state index contributed by atoms with van der Waals surface area (Å²) >= 11 is 0. The molecular formula is C17H17N3O4. The highest BCUT2D eigenvalue weighted by Gasteiger charge is 2.27. The number of fused-ring (bicyclic) bond motifs is 1. The lowest BCUT2D eigenvalue weighted by molar-refractivity contribution is -0.383. The average Bonchev–Trinajstić information content (AvgIpc) is 2.99. The van der Waals surface area contributed by atoms with Gasteiger partial charge in [0.05, 0.1) is 16.9 Å². The van der Waals surface area contributed by atoms with E-state index in [9.17, 15) is 15.2 Å². The van der Waals surface area contributed by atoms with E-state index in [1.165, 1.54) is 12.3 Å². The topological polar surface area (TPSA) is 101 Å². The molecule has 2 N–H and O–H groups in total. The van der Waals surface area contributed by atoms with E-state index in [4.69, 9.17) is 4.42 Å². The number of aliphatic hydroxyl groups is 1. The van der Waals surface area contributed by atoms with E-state index < -0.39 is 10.5 Å². The van der Waals surface area contributed by atoms with Crippen molar-refractivity contribution < 1.29 is 14.4 Å². The summed E-state index contributed by atoms with van der Waals surface area (Å²) < 4.78 is 5.49. The smallest absolute Gasteiger partial charge is 0.278 e. The molecule has 0 saturated heterocycles. The average molecular weight is 327 g/mol. The zero-order chi connectivity index (χ0) is 17.3. The first kappa shape index (κ1) is 15.9. The van der Waals surface area contributed by atoms with Gasteiger partial charge in [-0.15, -0.1) is 0 Å². The van der Waals surface area contributed by atoms with Crippen LogP contribution in [-0.2, 0) is 5.60 Å². The molecule has 124 valence electrons. The molecule has 0 aliphatic carbocycles. The quantitative estimate of drug-likeness (QED) is 0.550. The van der Waals surface area contributed by atoms with E-state index in [0.717, 1.165) is 5.76 Å². The summed E-state index contributed by atoms with van der Waals surface area (Å²) in [5.41, 5.74) is -0.534. The summed E-state index contributed by atoms with van der Waals surface area (Å²) in [5.74, 6) is 1.18. The van der Waals surface area contributed by atoms with Gasteiger partial charge >= 0.3 is 0 Å². The minimum absolute atomic E-state index is 0.00271. The molecule has 1 atom stereocenters. The van der Waals surface area contributed by atoms with Crippen LogP contribution < -0.4 is 5.32 Å². The number of anilines is 1. The van der Waals surface area contributed by atoms with Crippen LogP contribution in [0.5, 0.6) is 0 Å². The number of nitrogens with zero attached hydrogens (tertiary/aromatic N) is 2. The number of nitro benzene ring substituents is 1. The van der Waals surface area contributed by atoms with Crippen LogP contribution >= 0.6 is 0 Å². The molecule has 0 amide bonds. The monoisotopic (exact) mass is 327 g/mol. The first-order valence-electron chi connectivity index (χ1n) is 7.43. The van der Waals surface area contributed by atoms with Crippen LogP contribution in [0.3, 0.4) is 0 Å². The van der Waals surface area contributed by atoms with Crippen molar-refractivity contribution in [2.75, 3.05) is 11.9 Å². The molecular weight excluding hydrogens is 310 g/mol. The van der Waals surface area contributed by atoms with E-state index in [1.54, 1.807) is 37.4 Å². The highest BCUT2D eigenvalue weighted by atomic mass is 16.6. The summed E-state index contributed by atoms with van der Waals surface area (Å²) in [5, 5.41) is 26.0. The Morgan fingerprint density at radius 3 is 2.75 bits per heavy atom. The Morgan fingerprint density at radius 2 is 2.08 bits per heavy atom. The number of nitro groups is 1. The summed E-state index contributed by atoms with van der Waals surface area (Å²) in [6, 6.07) is 8.28. The lowest BCUT2D eigenvalue weighted by atomic mass is 10.0. The SMILES string of the molecule is Cc1ccc(C(C)(O)CNc2ccc([N+](=O)[O-])c3cnccc23)o1. The van der Waals surface area contributed by atoms with Crippen molar-refractivity contribution in [3.63, 3.8) is 0 Å². The van der Waals surface area contributed by atoms with Crippen LogP contribution in [0.4, 0.5) is 11.4 Å². The number of aromatic nitrogens is 1. The molecule has 1 unspecified atom stereocenters. The molecule has 0 saturated carbocycles. The molecule has 2 aromatic heterocycles. The number of furan rings is 1. The van der Waals surface area contributed by atoms with Crippen LogP contribution in [0.2, 0.25) is 0 Å². The van der Waals surface area contributed by atoms with E-state index in [-0.39, 0.29) is 12.2 Å². The Kier molecular flexibility index (Phi) is 3.94. The van der Waals surface area contributed by atoms with Crippen LogP contribution in [0, 0.1) is 17.0 Å². The molecule has 2 heterocycles. The lowest BCUT2D eigenvalue weighted by Crippen LogP contribution is -2.30. The standard InChI is InChI=1S/C17H17N3O4/c1-11-3-6-16(24-11)17(2,21)10-19-14-4-5-15(20(22)23)13-9-18-8-7-12(13)14/h3-9,19,21H,10H2,1-2H3. The maximum atomic E-state index is 11.1. The molecule has 0 aliphatic rings. The van der Waals surface area contributed by atoms with Gasteiger partial charge in [0, 0.05) is 29.5 Å². The van der Waals surface area contributed by atoms with Crippen LogP contribution in [0.15, 0.2) is 47.1 Å². The molecule has 0 bridgehead atoms. The molecule has 0 radical (unpaired) electrons. The molecule has 3 aromatic rings. The predicted octanol–water partition coefficient (Wildman–Crippen LogP) is 3.36. The Bertz CT molecular complexity index is 902. The summed E-state index contributed by atoms with van der Waals surface area (Å²) in [6.45, 7) is 3.65. The van der Waals surface area contributed by atoms with Gasteiger partial charge in [-0.1, -0.05) is 0 Å². The molecule has 3 rings (SSSR count). The van der Waals surface area contributed by atoms with Crippen molar-refractivity contribution in [3.8, 4) is 0 Å². The van der Waals surface area contributed by atoms with Gasteiger partial charge in [0.2, 0.25) is 0 Å². The van der Waals surface area contributed by atoms with Gasteiger partial charge in [-0.25, -0.2) is 0 Å². The molecule has 0 spiro atoms. The highest BCUT2D eigenvalue weighted by molar-refractivity contribution is 5.99. The first-order chi connectivity index (χ1) is 11.4. The Hall–Kier alpha value is -2.93. The Morgan fingerprint density at radius 1 is 1.29 bits per heavy atom. The van der Waals surface area contributed by atoms with Gasteiger partial charge in [0.1, 0.15) is 17.1 Å². The summed E-state index contributed by atoms with van der Waals surface area (Å²) in [4.78, 5) is 14.7. The molecule has 7 nitrogen and oxygen atoms in total. The van der Waals surface area contributed by atoms with E-state index in [2.05, 4.69) is 10.3 Å². The van der Waals surface area contributed by atoms with Crippen LogP contribution in [0.1, 0.15) is 18.4 Å². The normalized spacial score (nSPS) is 13.6. The zero-order valence-electron chi connectivity index (χ0n) is 13.3. The second kappa shape index (κ2) is 5.93. The fourth-order valence-electron chi connectivity index (χ4n) is 2.57. The van der Waals surface area contributed by atoms with Crippen LogP contribution in [0.25, 0.3) is 10.8 Å². The van der Waals surface area contributed by atoms with E-state index >= 15 is 0 Å². The van der Waals surface area contributed by atoms with Gasteiger partial charge in [0.25, 0.3) is 5.69 Å². The molecule has 0 fully saturated rings. The van der Waals surface area contributed by atoms with Crippen molar-refractivity contribution in [1.82, 2.24) is 4.98 Å². The number of hydrogen-bond donors (Lipinski definition) is 2. The number of hydrogen-bond acceptors (Lipinski definition) is 6. The van der Waals surface area contributed by atoms with Gasteiger partial charge in [-0.3, -0.25) is 15.1 Å². The Balaban J connectivity index is 1.91. The van der Waals surface area contributed by atoms with Crippen molar-refractivity contribution in [2.24, 2.45) is 0 Å². The second-order valence-electron chi connectivity index (χ2n) is 5.85. The fraction of sp³-hybridized carbons (Fsp3) is 0.235. The number of rotatable bonds is 5. The maximum absolute atomic E-state index is 11.1. The second-order valence-corrected chi connectivity index (χ2v) is 5.85. The van der Waals surface area contributed by atoms with Crippen molar-refractivity contribution in [2.45, 2.75) is 19.4 Å². The third-order valence-electron chi connectivity index (χ3n) is 3.89.